The molecule has 1 aliphatic rings. The first-order valence-electron chi connectivity index (χ1n) is 7.60. The van der Waals surface area contributed by atoms with Crippen molar-refractivity contribution in [2.24, 2.45) is 0 Å². The lowest BCUT2D eigenvalue weighted by Gasteiger charge is -2.34. The lowest BCUT2D eigenvalue weighted by atomic mass is 9.76. The molecule has 20 heavy (non-hydrogen) atoms. The van der Waals surface area contributed by atoms with Gasteiger partial charge in [-0.1, -0.05) is 61.9 Å². The quantitative estimate of drug-likeness (QED) is 0.889. The van der Waals surface area contributed by atoms with E-state index in [4.69, 9.17) is 0 Å². The van der Waals surface area contributed by atoms with Crippen molar-refractivity contribution in [2.75, 3.05) is 0 Å². The monoisotopic (exact) mass is 266 g/mol. The molecule has 0 heterocycles. The normalized spacial score (nSPS) is 21.5. The number of rotatable bonds is 3. The first kappa shape index (κ1) is 13.4. The van der Waals surface area contributed by atoms with Crippen molar-refractivity contribution in [3.8, 4) is 0 Å². The van der Waals surface area contributed by atoms with E-state index in [2.05, 4.69) is 55.5 Å². The molecular weight excluding hydrogens is 244 g/mol. The molecule has 0 saturated heterocycles. The number of fused-ring (bicyclic) bond motifs is 1. The summed E-state index contributed by atoms with van der Waals surface area (Å²) in [5, 5.41) is 11.1. The standard InChI is InChI=1S/C19H22O/c1-2-6-15-7-5-10-18(13-15)19(20)12-11-16-8-3-4-9-17(16)14-19/h3-5,7-10,13,20H,2,6,11-12,14H2,1H3. The second-order valence-electron chi connectivity index (χ2n) is 5.93. The SMILES string of the molecule is CCCc1cccc(C2(O)CCc3ccccc3C2)c1. The van der Waals surface area contributed by atoms with Gasteiger partial charge in [-0.3, -0.25) is 0 Å². The fourth-order valence-electron chi connectivity index (χ4n) is 3.27. The molecule has 0 radical (unpaired) electrons. The molecule has 0 aromatic heterocycles. The molecule has 1 heteroatoms. The zero-order chi connectivity index (χ0) is 14.0. The fraction of sp³-hybridized carbons (Fsp3) is 0.368. The molecule has 0 amide bonds. The molecule has 0 saturated carbocycles. The van der Waals surface area contributed by atoms with Crippen LogP contribution in [-0.2, 0) is 24.9 Å². The van der Waals surface area contributed by atoms with Crippen molar-refractivity contribution in [1.82, 2.24) is 0 Å². The maximum atomic E-state index is 11.1. The summed E-state index contributed by atoms with van der Waals surface area (Å²) in [6, 6.07) is 17.0. The summed E-state index contributed by atoms with van der Waals surface area (Å²) >= 11 is 0. The van der Waals surface area contributed by atoms with Crippen LogP contribution in [0.5, 0.6) is 0 Å². The van der Waals surface area contributed by atoms with E-state index in [1.807, 2.05) is 0 Å². The average Bonchev–Trinajstić information content (AvgIpc) is 2.48. The van der Waals surface area contributed by atoms with Crippen LogP contribution in [0.1, 0.15) is 42.0 Å². The minimum atomic E-state index is -0.696. The predicted octanol–water partition coefficient (Wildman–Crippen LogP) is 4.02. The Hall–Kier alpha value is -1.60. The molecule has 0 spiro atoms. The van der Waals surface area contributed by atoms with E-state index >= 15 is 0 Å². The molecule has 0 aliphatic heterocycles. The van der Waals surface area contributed by atoms with E-state index in [1.54, 1.807) is 0 Å². The van der Waals surface area contributed by atoms with Crippen LogP contribution in [0.25, 0.3) is 0 Å². The summed E-state index contributed by atoms with van der Waals surface area (Å²) in [5.74, 6) is 0. The lowest BCUT2D eigenvalue weighted by Crippen LogP contribution is -2.33. The number of aliphatic hydroxyl groups is 1. The Labute approximate surface area is 121 Å². The van der Waals surface area contributed by atoms with Crippen LogP contribution in [0.15, 0.2) is 48.5 Å². The van der Waals surface area contributed by atoms with E-state index in [0.29, 0.717) is 0 Å². The second kappa shape index (κ2) is 5.41. The van der Waals surface area contributed by atoms with Gasteiger partial charge in [-0.05, 0) is 41.5 Å². The third-order valence-electron chi connectivity index (χ3n) is 4.41. The summed E-state index contributed by atoms with van der Waals surface area (Å²) in [6.45, 7) is 2.19. The molecule has 1 unspecified atom stereocenters. The first-order chi connectivity index (χ1) is 9.71. The number of hydrogen-bond acceptors (Lipinski definition) is 1. The Bertz CT molecular complexity index is 602. The van der Waals surface area contributed by atoms with Gasteiger partial charge < -0.3 is 5.11 Å². The van der Waals surface area contributed by atoms with Gasteiger partial charge in [0.1, 0.15) is 0 Å². The Balaban J connectivity index is 1.92. The Morgan fingerprint density at radius 1 is 1.05 bits per heavy atom. The molecule has 1 aliphatic carbocycles. The Morgan fingerprint density at radius 3 is 2.65 bits per heavy atom. The van der Waals surface area contributed by atoms with Crippen molar-refractivity contribution >= 4 is 0 Å². The Morgan fingerprint density at radius 2 is 1.85 bits per heavy atom. The lowest BCUT2D eigenvalue weighted by molar-refractivity contribution is 0.0222. The molecule has 2 aromatic carbocycles. The van der Waals surface area contributed by atoms with Gasteiger partial charge in [0.15, 0.2) is 0 Å². The van der Waals surface area contributed by atoms with Gasteiger partial charge in [-0.25, -0.2) is 0 Å². The minimum Gasteiger partial charge on any atom is -0.385 e. The smallest absolute Gasteiger partial charge is 0.0940 e. The number of aryl methyl sites for hydroxylation is 2. The largest absolute Gasteiger partial charge is 0.385 e. The minimum absolute atomic E-state index is 0.696. The van der Waals surface area contributed by atoms with Crippen molar-refractivity contribution in [1.29, 1.82) is 0 Å². The highest BCUT2D eigenvalue weighted by atomic mass is 16.3. The molecule has 0 fully saturated rings. The zero-order valence-corrected chi connectivity index (χ0v) is 12.1. The van der Waals surface area contributed by atoms with Crippen LogP contribution in [-0.4, -0.2) is 5.11 Å². The predicted molar refractivity (Wildman–Crippen MR) is 82.8 cm³/mol. The van der Waals surface area contributed by atoms with Crippen LogP contribution in [0.3, 0.4) is 0 Å². The summed E-state index contributed by atoms with van der Waals surface area (Å²) in [7, 11) is 0. The number of hydrogen-bond donors (Lipinski definition) is 1. The van der Waals surface area contributed by atoms with Crippen LogP contribution in [0.4, 0.5) is 0 Å². The first-order valence-corrected chi connectivity index (χ1v) is 7.60. The van der Waals surface area contributed by atoms with Crippen molar-refractivity contribution in [3.63, 3.8) is 0 Å². The van der Waals surface area contributed by atoms with Gasteiger partial charge in [0.05, 0.1) is 5.60 Å². The Kier molecular flexibility index (Phi) is 3.62. The van der Waals surface area contributed by atoms with Crippen molar-refractivity contribution < 1.29 is 5.11 Å². The second-order valence-corrected chi connectivity index (χ2v) is 5.93. The molecule has 1 nitrogen and oxygen atoms in total. The fourth-order valence-corrected chi connectivity index (χ4v) is 3.27. The van der Waals surface area contributed by atoms with Crippen molar-refractivity contribution in [2.45, 2.75) is 44.6 Å². The topological polar surface area (TPSA) is 20.2 Å². The maximum absolute atomic E-state index is 11.1. The van der Waals surface area contributed by atoms with Crippen LogP contribution < -0.4 is 0 Å². The number of benzene rings is 2. The van der Waals surface area contributed by atoms with Gasteiger partial charge in [-0.2, -0.15) is 0 Å². The molecule has 2 aromatic rings. The third-order valence-corrected chi connectivity index (χ3v) is 4.41. The van der Waals surface area contributed by atoms with Crippen molar-refractivity contribution in [3.05, 3.63) is 70.8 Å². The molecular formula is C19H22O. The third kappa shape index (κ3) is 2.51. The highest BCUT2D eigenvalue weighted by molar-refractivity contribution is 5.37. The average molecular weight is 266 g/mol. The van der Waals surface area contributed by atoms with Gasteiger partial charge in [0.2, 0.25) is 0 Å². The van der Waals surface area contributed by atoms with Crippen LogP contribution >= 0.6 is 0 Å². The van der Waals surface area contributed by atoms with Crippen LogP contribution in [0.2, 0.25) is 0 Å². The van der Waals surface area contributed by atoms with Gasteiger partial charge >= 0.3 is 0 Å². The van der Waals surface area contributed by atoms with E-state index in [9.17, 15) is 5.11 Å². The molecule has 1 atom stereocenters. The molecule has 3 rings (SSSR count). The van der Waals surface area contributed by atoms with Gasteiger partial charge in [0, 0.05) is 6.42 Å². The van der Waals surface area contributed by atoms with Crippen LogP contribution in [0, 0.1) is 0 Å². The molecule has 104 valence electrons. The molecule has 1 N–H and O–H groups in total. The zero-order valence-electron chi connectivity index (χ0n) is 12.1. The van der Waals surface area contributed by atoms with E-state index in [1.165, 1.54) is 16.7 Å². The highest BCUT2D eigenvalue weighted by Crippen LogP contribution is 2.36. The summed E-state index contributed by atoms with van der Waals surface area (Å²) in [4.78, 5) is 0. The van der Waals surface area contributed by atoms with E-state index in [0.717, 1.165) is 37.7 Å². The van der Waals surface area contributed by atoms with Gasteiger partial charge in [0.25, 0.3) is 0 Å². The highest BCUT2D eigenvalue weighted by Gasteiger charge is 2.33. The molecule has 0 bridgehead atoms. The summed E-state index contributed by atoms with van der Waals surface area (Å²) in [6.07, 6.45) is 4.74. The van der Waals surface area contributed by atoms with E-state index in [-0.39, 0.29) is 0 Å². The summed E-state index contributed by atoms with van der Waals surface area (Å²) in [5.41, 5.74) is 4.40. The van der Waals surface area contributed by atoms with Gasteiger partial charge in [-0.15, -0.1) is 0 Å². The van der Waals surface area contributed by atoms with E-state index < -0.39 is 5.60 Å². The maximum Gasteiger partial charge on any atom is 0.0940 e. The summed E-state index contributed by atoms with van der Waals surface area (Å²) < 4.78 is 0.